The van der Waals surface area contributed by atoms with Gasteiger partial charge in [-0.25, -0.2) is 0 Å². The zero-order chi connectivity index (χ0) is 20.6. The van der Waals surface area contributed by atoms with Crippen LogP contribution in [0.2, 0.25) is 0 Å². The van der Waals surface area contributed by atoms with E-state index in [9.17, 15) is 9.59 Å². The molecule has 6 heteroatoms. The molecule has 29 heavy (non-hydrogen) atoms. The molecule has 1 saturated carbocycles. The first-order valence-electron chi connectivity index (χ1n) is 10.9. The largest absolute Gasteiger partial charge is 0.486 e. The minimum Gasteiger partial charge on any atom is -0.486 e. The second kappa shape index (κ2) is 7.98. The van der Waals surface area contributed by atoms with Crippen LogP contribution in [0, 0.1) is 5.92 Å². The third-order valence-corrected chi connectivity index (χ3v) is 6.95. The SMILES string of the molecule is CC(C)N1C[C@@H](C(=O)N(C)C2CCC3(CC2)CNCc2ccccc2O3)CC1=O. The number of ether oxygens (including phenoxy) is 1. The first-order chi connectivity index (χ1) is 13.9. The molecule has 0 unspecified atom stereocenters. The summed E-state index contributed by atoms with van der Waals surface area (Å²) in [5.74, 6) is 1.01. The maximum atomic E-state index is 13.0. The van der Waals surface area contributed by atoms with Gasteiger partial charge >= 0.3 is 0 Å². The number of hydrogen-bond acceptors (Lipinski definition) is 4. The highest BCUT2D eigenvalue weighted by Gasteiger charge is 2.42. The van der Waals surface area contributed by atoms with E-state index in [1.807, 2.05) is 42.8 Å². The van der Waals surface area contributed by atoms with E-state index in [4.69, 9.17) is 4.74 Å². The van der Waals surface area contributed by atoms with Crippen LogP contribution in [0.15, 0.2) is 24.3 Å². The van der Waals surface area contributed by atoms with Crippen molar-refractivity contribution in [3.8, 4) is 5.75 Å². The molecule has 2 heterocycles. The van der Waals surface area contributed by atoms with E-state index in [1.54, 1.807) is 0 Å². The van der Waals surface area contributed by atoms with Crippen LogP contribution in [-0.2, 0) is 16.1 Å². The van der Waals surface area contributed by atoms with E-state index in [2.05, 4.69) is 17.4 Å². The lowest BCUT2D eigenvalue weighted by Gasteiger charge is -2.42. The predicted octanol–water partition coefficient (Wildman–Crippen LogP) is 2.57. The number of hydrogen-bond donors (Lipinski definition) is 1. The molecule has 3 aliphatic rings. The quantitative estimate of drug-likeness (QED) is 0.849. The van der Waals surface area contributed by atoms with Crippen molar-refractivity contribution in [2.24, 2.45) is 5.92 Å². The summed E-state index contributed by atoms with van der Waals surface area (Å²) in [6.45, 7) is 6.25. The van der Waals surface area contributed by atoms with Gasteiger partial charge in [0.2, 0.25) is 11.8 Å². The van der Waals surface area contributed by atoms with Gasteiger partial charge in [-0.05, 0) is 45.6 Å². The second-order valence-electron chi connectivity index (χ2n) is 9.22. The molecule has 0 aromatic heterocycles. The lowest BCUT2D eigenvalue weighted by Crippen LogP contribution is -2.51. The van der Waals surface area contributed by atoms with Crippen molar-refractivity contribution in [1.82, 2.24) is 15.1 Å². The van der Waals surface area contributed by atoms with Crippen molar-refractivity contribution < 1.29 is 14.3 Å². The molecule has 2 aliphatic heterocycles. The van der Waals surface area contributed by atoms with Gasteiger partial charge in [0.25, 0.3) is 0 Å². The van der Waals surface area contributed by atoms with Gasteiger partial charge in [0.15, 0.2) is 0 Å². The number of carbonyl (C=O) groups excluding carboxylic acids is 2. The van der Waals surface area contributed by atoms with Gasteiger partial charge in [0.05, 0.1) is 5.92 Å². The summed E-state index contributed by atoms with van der Waals surface area (Å²) in [7, 11) is 1.91. The van der Waals surface area contributed by atoms with Gasteiger partial charge in [-0.15, -0.1) is 0 Å². The molecule has 2 fully saturated rings. The van der Waals surface area contributed by atoms with Crippen molar-refractivity contribution in [1.29, 1.82) is 0 Å². The van der Waals surface area contributed by atoms with E-state index in [-0.39, 0.29) is 35.4 Å². The number of fused-ring (bicyclic) bond motifs is 1. The Kier molecular flexibility index (Phi) is 5.56. The molecule has 1 aliphatic carbocycles. The number of para-hydroxylation sites is 1. The fraction of sp³-hybridized carbons (Fsp3) is 0.652. The van der Waals surface area contributed by atoms with Crippen molar-refractivity contribution in [2.75, 3.05) is 20.1 Å². The first kappa shape index (κ1) is 20.2. The maximum Gasteiger partial charge on any atom is 0.227 e. The van der Waals surface area contributed by atoms with Gasteiger partial charge in [-0.3, -0.25) is 9.59 Å². The highest BCUT2D eigenvalue weighted by molar-refractivity contribution is 5.89. The Morgan fingerprint density at radius 3 is 2.69 bits per heavy atom. The minimum atomic E-state index is -0.200. The van der Waals surface area contributed by atoms with E-state index in [1.165, 1.54) is 5.56 Å². The number of nitrogens with zero attached hydrogens (tertiary/aromatic N) is 2. The van der Waals surface area contributed by atoms with Crippen LogP contribution in [0.5, 0.6) is 5.75 Å². The molecule has 2 amide bonds. The fourth-order valence-corrected chi connectivity index (χ4v) is 5.10. The predicted molar refractivity (Wildman–Crippen MR) is 111 cm³/mol. The summed E-state index contributed by atoms with van der Waals surface area (Å²) >= 11 is 0. The highest BCUT2D eigenvalue weighted by Crippen LogP contribution is 2.37. The van der Waals surface area contributed by atoms with Gasteiger partial charge in [0.1, 0.15) is 11.4 Å². The molecule has 158 valence electrons. The number of carbonyl (C=O) groups is 2. The van der Waals surface area contributed by atoms with E-state index in [0.717, 1.165) is 44.5 Å². The summed E-state index contributed by atoms with van der Waals surface area (Å²) < 4.78 is 6.51. The molecular weight excluding hydrogens is 366 g/mol. The Labute approximate surface area is 173 Å². The zero-order valence-electron chi connectivity index (χ0n) is 17.8. The maximum absolute atomic E-state index is 13.0. The molecule has 1 N–H and O–H groups in total. The van der Waals surface area contributed by atoms with Crippen LogP contribution in [0.1, 0.15) is 51.5 Å². The van der Waals surface area contributed by atoms with E-state index in [0.29, 0.717) is 13.0 Å². The standard InChI is InChI=1S/C23H33N3O3/c1-16(2)26-14-18(12-21(26)27)22(28)25(3)19-8-10-23(11-9-19)15-24-13-17-6-4-5-7-20(17)29-23/h4-7,16,18-19,24H,8-15H2,1-3H3/t18-,19?,23?/m0/s1. The first-order valence-corrected chi connectivity index (χ1v) is 10.9. The Balaban J connectivity index is 1.37. The van der Waals surface area contributed by atoms with Crippen molar-refractivity contribution in [3.63, 3.8) is 0 Å². The Bertz CT molecular complexity index is 770. The summed E-state index contributed by atoms with van der Waals surface area (Å²) in [5.41, 5.74) is 1.02. The Morgan fingerprint density at radius 2 is 2.00 bits per heavy atom. The van der Waals surface area contributed by atoms with Gasteiger partial charge in [-0.1, -0.05) is 18.2 Å². The Morgan fingerprint density at radius 1 is 1.28 bits per heavy atom. The van der Waals surface area contributed by atoms with Crippen LogP contribution in [0.3, 0.4) is 0 Å². The number of likely N-dealkylation sites (tertiary alicyclic amines) is 1. The summed E-state index contributed by atoms with van der Waals surface area (Å²) in [6, 6.07) is 8.63. The number of benzene rings is 1. The van der Waals surface area contributed by atoms with Crippen molar-refractivity contribution >= 4 is 11.8 Å². The van der Waals surface area contributed by atoms with Crippen molar-refractivity contribution in [2.45, 2.75) is 70.2 Å². The Hall–Kier alpha value is -2.08. The summed E-state index contributed by atoms with van der Waals surface area (Å²) in [6.07, 6.45) is 4.07. The lowest BCUT2D eigenvalue weighted by atomic mass is 9.81. The monoisotopic (exact) mass is 399 g/mol. The van der Waals surface area contributed by atoms with Crippen LogP contribution in [0.4, 0.5) is 0 Å². The lowest BCUT2D eigenvalue weighted by molar-refractivity contribution is -0.138. The molecule has 1 aromatic rings. The minimum absolute atomic E-state index is 0.103. The zero-order valence-corrected chi connectivity index (χ0v) is 17.8. The summed E-state index contributed by atoms with van der Waals surface area (Å²) in [4.78, 5) is 29.0. The molecule has 1 saturated heterocycles. The number of amides is 2. The third-order valence-electron chi connectivity index (χ3n) is 6.95. The topological polar surface area (TPSA) is 61.9 Å². The number of rotatable bonds is 3. The van der Waals surface area contributed by atoms with Gasteiger partial charge in [-0.2, -0.15) is 0 Å². The average molecular weight is 400 g/mol. The van der Waals surface area contributed by atoms with Crippen LogP contribution < -0.4 is 10.1 Å². The molecule has 1 aromatic carbocycles. The smallest absolute Gasteiger partial charge is 0.227 e. The highest BCUT2D eigenvalue weighted by atomic mass is 16.5. The molecule has 0 radical (unpaired) electrons. The van der Waals surface area contributed by atoms with E-state index >= 15 is 0 Å². The average Bonchev–Trinajstić information content (AvgIpc) is 3.01. The van der Waals surface area contributed by atoms with Crippen LogP contribution >= 0.6 is 0 Å². The molecule has 4 rings (SSSR count). The molecule has 6 nitrogen and oxygen atoms in total. The van der Waals surface area contributed by atoms with Crippen LogP contribution in [0.25, 0.3) is 0 Å². The van der Waals surface area contributed by atoms with Crippen LogP contribution in [-0.4, -0.2) is 59.4 Å². The van der Waals surface area contributed by atoms with Gasteiger partial charge < -0.3 is 19.9 Å². The third kappa shape index (κ3) is 4.00. The normalized spacial score (nSPS) is 29.5. The molecule has 1 atom stereocenters. The summed E-state index contributed by atoms with van der Waals surface area (Å²) in [5, 5.41) is 3.55. The molecular formula is C23H33N3O3. The number of nitrogens with one attached hydrogen (secondary N) is 1. The fourth-order valence-electron chi connectivity index (χ4n) is 5.10. The molecule has 1 spiro atoms. The van der Waals surface area contributed by atoms with E-state index < -0.39 is 0 Å². The molecule has 0 bridgehead atoms. The van der Waals surface area contributed by atoms with Crippen molar-refractivity contribution in [3.05, 3.63) is 29.8 Å². The second-order valence-corrected chi connectivity index (χ2v) is 9.22. The van der Waals surface area contributed by atoms with Gasteiger partial charge in [0, 0.05) is 50.7 Å².